The Kier molecular flexibility index (Phi) is 2.63. The van der Waals surface area contributed by atoms with Gasteiger partial charge >= 0.3 is 0 Å². The largest absolute Gasteiger partial charge is 0.373 e. The van der Waals surface area contributed by atoms with Crippen molar-refractivity contribution in [2.75, 3.05) is 19.7 Å². The van der Waals surface area contributed by atoms with Crippen molar-refractivity contribution in [1.29, 1.82) is 0 Å². The third-order valence-corrected chi connectivity index (χ3v) is 3.95. The van der Waals surface area contributed by atoms with Gasteiger partial charge in [-0.2, -0.15) is 10.2 Å². The van der Waals surface area contributed by atoms with Crippen LogP contribution in [-0.4, -0.2) is 44.2 Å². The van der Waals surface area contributed by atoms with Gasteiger partial charge in [0.1, 0.15) is 0 Å². The van der Waals surface area contributed by atoms with Crippen LogP contribution >= 0.6 is 0 Å². The Balaban J connectivity index is 1.40. The minimum atomic E-state index is 0.526. The van der Waals surface area contributed by atoms with Crippen molar-refractivity contribution in [3.63, 3.8) is 0 Å². The third-order valence-electron chi connectivity index (χ3n) is 3.95. The molecule has 1 saturated heterocycles. The second kappa shape index (κ2) is 4.47. The first kappa shape index (κ1) is 11.2. The second-order valence-corrected chi connectivity index (χ2v) is 5.23. The van der Waals surface area contributed by atoms with E-state index in [1.165, 1.54) is 11.3 Å². The van der Waals surface area contributed by atoms with Gasteiger partial charge in [0, 0.05) is 37.6 Å². The topological polar surface area (TPSA) is 48.1 Å². The summed E-state index contributed by atoms with van der Waals surface area (Å²) in [4.78, 5) is 2.43. The molecule has 4 rings (SSSR count). The molecule has 0 radical (unpaired) electrons. The van der Waals surface area contributed by atoms with E-state index >= 15 is 0 Å². The predicted molar refractivity (Wildman–Crippen MR) is 68.4 cm³/mol. The Morgan fingerprint density at radius 2 is 2.26 bits per heavy atom. The molecule has 0 atom stereocenters. The third kappa shape index (κ3) is 1.97. The first-order valence-corrected chi connectivity index (χ1v) is 6.73. The summed E-state index contributed by atoms with van der Waals surface area (Å²) >= 11 is 0. The summed E-state index contributed by atoms with van der Waals surface area (Å²) < 4.78 is 9.64. The summed E-state index contributed by atoms with van der Waals surface area (Å²) in [7, 11) is 0. The van der Waals surface area contributed by atoms with Gasteiger partial charge in [-0.1, -0.05) is 0 Å². The van der Waals surface area contributed by atoms with Crippen LogP contribution in [-0.2, 0) is 24.4 Å². The maximum atomic E-state index is 5.51. The van der Waals surface area contributed by atoms with E-state index in [0.717, 1.165) is 32.8 Å². The van der Waals surface area contributed by atoms with Gasteiger partial charge in [-0.3, -0.25) is 14.3 Å². The molecule has 6 heteroatoms. The van der Waals surface area contributed by atoms with Crippen LogP contribution < -0.4 is 0 Å². The van der Waals surface area contributed by atoms with Gasteiger partial charge < -0.3 is 4.74 Å². The van der Waals surface area contributed by atoms with E-state index in [2.05, 4.69) is 19.8 Å². The van der Waals surface area contributed by atoms with E-state index < -0.39 is 0 Å². The summed E-state index contributed by atoms with van der Waals surface area (Å²) in [5.74, 6) is 0. The first-order chi connectivity index (χ1) is 9.40. The summed E-state index contributed by atoms with van der Waals surface area (Å²) in [6.45, 7) is 5.45. The van der Waals surface area contributed by atoms with Crippen LogP contribution in [0.4, 0.5) is 0 Å². The number of hydrogen-bond acceptors (Lipinski definition) is 4. The zero-order chi connectivity index (χ0) is 12.7. The van der Waals surface area contributed by atoms with Crippen LogP contribution in [0.1, 0.15) is 17.3 Å². The van der Waals surface area contributed by atoms with E-state index in [9.17, 15) is 0 Å². The summed E-state index contributed by atoms with van der Waals surface area (Å²) in [5.41, 5.74) is 2.55. The lowest BCUT2D eigenvalue weighted by atomic mass is 10.1. The fourth-order valence-corrected chi connectivity index (χ4v) is 2.84. The summed E-state index contributed by atoms with van der Waals surface area (Å²) in [6, 6.07) is 2.51. The molecule has 19 heavy (non-hydrogen) atoms. The average molecular weight is 259 g/mol. The van der Waals surface area contributed by atoms with E-state index in [0.29, 0.717) is 12.6 Å². The first-order valence-electron chi connectivity index (χ1n) is 6.73. The predicted octanol–water partition coefficient (Wildman–Crippen LogP) is 0.667. The molecule has 2 aromatic heterocycles. The molecule has 0 amide bonds. The molecule has 4 heterocycles. The minimum Gasteiger partial charge on any atom is -0.373 e. The maximum absolute atomic E-state index is 5.51. The number of nitrogens with zero attached hydrogens (tertiary/aromatic N) is 5. The molecule has 6 nitrogen and oxygen atoms in total. The number of ether oxygens (including phenoxy) is 1. The van der Waals surface area contributed by atoms with Crippen molar-refractivity contribution in [1.82, 2.24) is 24.5 Å². The molecule has 0 saturated carbocycles. The molecule has 0 aliphatic carbocycles. The maximum Gasteiger partial charge on any atom is 0.0889 e. The quantitative estimate of drug-likeness (QED) is 0.813. The van der Waals surface area contributed by atoms with Crippen LogP contribution in [0, 0.1) is 0 Å². The van der Waals surface area contributed by atoms with Crippen molar-refractivity contribution in [2.24, 2.45) is 0 Å². The van der Waals surface area contributed by atoms with Gasteiger partial charge in [0.2, 0.25) is 0 Å². The normalized spacial score (nSPS) is 20.2. The molecule has 0 bridgehead atoms. The highest BCUT2D eigenvalue weighted by Gasteiger charge is 2.29. The van der Waals surface area contributed by atoms with Gasteiger partial charge in [-0.25, -0.2) is 0 Å². The lowest BCUT2D eigenvalue weighted by molar-refractivity contribution is 0.0729. The summed E-state index contributed by atoms with van der Waals surface area (Å²) in [5, 5.41) is 8.72. The number of likely N-dealkylation sites (tertiary alicyclic amines) is 1. The van der Waals surface area contributed by atoms with E-state index in [-0.39, 0.29) is 0 Å². The van der Waals surface area contributed by atoms with Gasteiger partial charge in [0.05, 0.1) is 37.7 Å². The zero-order valence-corrected chi connectivity index (χ0v) is 10.8. The van der Waals surface area contributed by atoms with Crippen LogP contribution in [0.3, 0.4) is 0 Å². The highest BCUT2D eigenvalue weighted by Crippen LogP contribution is 2.24. The molecule has 2 aliphatic rings. The van der Waals surface area contributed by atoms with Crippen molar-refractivity contribution < 1.29 is 4.74 Å². The van der Waals surface area contributed by atoms with Crippen molar-refractivity contribution in [2.45, 2.75) is 25.7 Å². The standard InChI is InChI=1S/C13H17N5O/c1-2-14-17(3-1)12-8-16(9-12)7-11-6-15-18-4-5-19-10-13(11)18/h1-3,6,12H,4-5,7-10H2. The smallest absolute Gasteiger partial charge is 0.0889 e. The molecule has 0 aromatic carbocycles. The van der Waals surface area contributed by atoms with Gasteiger partial charge in [0.15, 0.2) is 0 Å². The Bertz CT molecular complexity index is 556. The lowest BCUT2D eigenvalue weighted by Crippen LogP contribution is -2.47. The van der Waals surface area contributed by atoms with Crippen molar-refractivity contribution in [3.05, 3.63) is 35.9 Å². The summed E-state index contributed by atoms with van der Waals surface area (Å²) in [6.07, 6.45) is 5.87. The molecule has 100 valence electrons. The molecule has 0 N–H and O–H groups in total. The molecule has 0 unspecified atom stereocenters. The monoisotopic (exact) mass is 259 g/mol. The van der Waals surface area contributed by atoms with E-state index in [1.54, 1.807) is 0 Å². The Hall–Kier alpha value is -1.66. The van der Waals surface area contributed by atoms with E-state index in [1.807, 2.05) is 29.3 Å². The number of aromatic nitrogens is 4. The van der Waals surface area contributed by atoms with Crippen LogP contribution in [0.15, 0.2) is 24.7 Å². The van der Waals surface area contributed by atoms with Gasteiger partial charge in [0.25, 0.3) is 0 Å². The van der Waals surface area contributed by atoms with Crippen LogP contribution in [0.25, 0.3) is 0 Å². The Morgan fingerprint density at radius 3 is 3.11 bits per heavy atom. The lowest BCUT2D eigenvalue weighted by Gasteiger charge is -2.39. The average Bonchev–Trinajstić information content (AvgIpc) is 3.03. The molecule has 2 aliphatic heterocycles. The highest BCUT2D eigenvalue weighted by molar-refractivity contribution is 5.18. The molecular formula is C13H17N5O. The van der Waals surface area contributed by atoms with Crippen molar-refractivity contribution >= 4 is 0 Å². The number of rotatable bonds is 3. The molecular weight excluding hydrogens is 242 g/mol. The highest BCUT2D eigenvalue weighted by atomic mass is 16.5. The van der Waals surface area contributed by atoms with Gasteiger partial charge in [-0.05, 0) is 6.07 Å². The molecule has 2 aromatic rings. The SMILES string of the molecule is c1cnn(C2CN(Cc3cnn4c3COCC4)C2)c1. The van der Waals surface area contributed by atoms with Gasteiger partial charge in [-0.15, -0.1) is 0 Å². The van der Waals surface area contributed by atoms with Crippen molar-refractivity contribution in [3.8, 4) is 0 Å². The fourth-order valence-electron chi connectivity index (χ4n) is 2.84. The van der Waals surface area contributed by atoms with Crippen LogP contribution in [0.5, 0.6) is 0 Å². The second-order valence-electron chi connectivity index (χ2n) is 5.23. The minimum absolute atomic E-state index is 0.526. The number of hydrogen-bond donors (Lipinski definition) is 0. The number of fused-ring (bicyclic) bond motifs is 1. The van der Waals surface area contributed by atoms with Crippen LogP contribution in [0.2, 0.25) is 0 Å². The molecule has 0 spiro atoms. The molecule has 1 fully saturated rings. The zero-order valence-electron chi connectivity index (χ0n) is 10.8. The fraction of sp³-hybridized carbons (Fsp3) is 0.538. The Morgan fingerprint density at radius 1 is 1.32 bits per heavy atom. The Labute approximate surface area is 111 Å². The van der Waals surface area contributed by atoms with E-state index in [4.69, 9.17) is 4.74 Å².